The molecule has 6 nitrogen and oxygen atoms in total. The highest BCUT2D eigenvalue weighted by Crippen LogP contribution is 2.36. The lowest BCUT2D eigenvalue weighted by molar-refractivity contribution is -0.137. The zero-order chi connectivity index (χ0) is 23.9. The molecule has 0 saturated carbocycles. The van der Waals surface area contributed by atoms with Crippen molar-refractivity contribution < 1.29 is 22.4 Å². The molecule has 5 aromatic rings. The normalized spacial score (nSPS) is 11.6. The number of benzene rings is 2. The molecule has 0 atom stereocenters. The number of hydrogen-bond acceptors (Lipinski definition) is 4. The number of rotatable bonds is 4. The molecule has 0 fully saturated rings. The average molecular weight is 462 g/mol. The van der Waals surface area contributed by atoms with Gasteiger partial charge in [0, 0.05) is 17.4 Å². The number of anilines is 1. The van der Waals surface area contributed by atoms with E-state index in [0.29, 0.717) is 34.0 Å². The van der Waals surface area contributed by atoms with Crippen molar-refractivity contribution in [2.75, 3.05) is 5.32 Å². The second kappa shape index (κ2) is 8.18. The van der Waals surface area contributed by atoms with E-state index in [2.05, 4.69) is 15.3 Å². The van der Waals surface area contributed by atoms with Gasteiger partial charge in [-0.3, -0.25) is 9.20 Å². The van der Waals surface area contributed by atoms with Gasteiger partial charge in [-0.2, -0.15) is 13.2 Å². The van der Waals surface area contributed by atoms with Crippen molar-refractivity contribution in [3.63, 3.8) is 0 Å². The van der Waals surface area contributed by atoms with Crippen LogP contribution in [-0.2, 0) is 6.18 Å². The fraction of sp³-hybridized carbons (Fsp3) is 0.0800. The monoisotopic (exact) mass is 462 g/mol. The summed E-state index contributed by atoms with van der Waals surface area (Å²) in [4.78, 5) is 21.4. The predicted octanol–water partition coefficient (Wildman–Crippen LogP) is 6.24. The number of aromatic nitrogens is 3. The van der Waals surface area contributed by atoms with Crippen LogP contribution in [-0.4, -0.2) is 20.3 Å². The molecule has 0 aliphatic carbocycles. The van der Waals surface area contributed by atoms with E-state index in [1.165, 1.54) is 24.6 Å². The number of amides is 1. The molecular formula is C25H17F3N4O2. The number of carbonyl (C=O) groups excluding carboxylic acids is 1. The summed E-state index contributed by atoms with van der Waals surface area (Å²) >= 11 is 0. The topological polar surface area (TPSA) is 72.4 Å². The number of alkyl halides is 3. The van der Waals surface area contributed by atoms with Crippen LogP contribution in [0.4, 0.5) is 18.9 Å². The van der Waals surface area contributed by atoms with Gasteiger partial charge in [-0.15, -0.1) is 0 Å². The summed E-state index contributed by atoms with van der Waals surface area (Å²) in [5.74, 6) is -0.0900. The van der Waals surface area contributed by atoms with Gasteiger partial charge in [0.25, 0.3) is 11.8 Å². The van der Waals surface area contributed by atoms with Gasteiger partial charge in [0.05, 0.1) is 29.0 Å². The molecule has 9 heteroatoms. The molecule has 2 aromatic carbocycles. The van der Waals surface area contributed by atoms with Crippen LogP contribution in [0.5, 0.6) is 0 Å². The number of fused-ring (bicyclic) bond motifs is 1. The Labute approximate surface area is 191 Å². The second-order valence-electron chi connectivity index (χ2n) is 7.67. The van der Waals surface area contributed by atoms with Gasteiger partial charge >= 0.3 is 6.18 Å². The van der Waals surface area contributed by atoms with E-state index in [1.807, 2.05) is 6.92 Å². The average Bonchev–Trinajstić information content (AvgIpc) is 3.49. The zero-order valence-electron chi connectivity index (χ0n) is 17.8. The first-order valence-electron chi connectivity index (χ1n) is 10.3. The Kier molecular flexibility index (Phi) is 5.16. The maximum atomic E-state index is 13.7. The van der Waals surface area contributed by atoms with Crippen molar-refractivity contribution in [1.82, 2.24) is 14.4 Å². The molecule has 0 unspecified atom stereocenters. The first kappa shape index (κ1) is 21.4. The van der Waals surface area contributed by atoms with Gasteiger partial charge < -0.3 is 9.73 Å². The molecule has 34 heavy (non-hydrogen) atoms. The van der Waals surface area contributed by atoms with Crippen molar-refractivity contribution in [3.05, 3.63) is 96.1 Å². The number of aryl methyl sites for hydroxylation is 1. The molecule has 0 saturated heterocycles. The highest BCUT2D eigenvalue weighted by molar-refractivity contribution is 6.06. The van der Waals surface area contributed by atoms with E-state index in [9.17, 15) is 18.0 Å². The summed E-state index contributed by atoms with van der Waals surface area (Å²) in [6, 6.07) is 13.8. The highest BCUT2D eigenvalue weighted by Gasteiger charge is 2.35. The Morgan fingerprint density at radius 3 is 2.56 bits per heavy atom. The number of halogens is 3. The minimum absolute atomic E-state index is 0.308. The molecule has 0 aliphatic rings. The SMILES string of the molecule is Cc1ccc(NC(=O)c2cc(-c3cccn4c(-c5ncco5)ncc34)ccc2C(F)(F)F)cc1. The third-order valence-electron chi connectivity index (χ3n) is 5.38. The fourth-order valence-corrected chi connectivity index (χ4v) is 3.74. The third-order valence-corrected chi connectivity index (χ3v) is 5.38. The van der Waals surface area contributed by atoms with Crippen LogP contribution in [0, 0.1) is 6.92 Å². The molecule has 0 bridgehead atoms. The lowest BCUT2D eigenvalue weighted by Gasteiger charge is -2.15. The molecule has 0 aliphatic heterocycles. The predicted molar refractivity (Wildman–Crippen MR) is 120 cm³/mol. The van der Waals surface area contributed by atoms with Crippen molar-refractivity contribution in [2.45, 2.75) is 13.1 Å². The summed E-state index contributed by atoms with van der Waals surface area (Å²) in [6.07, 6.45) is 1.56. The van der Waals surface area contributed by atoms with Crippen LogP contribution in [0.3, 0.4) is 0 Å². The molecule has 1 amide bonds. The third kappa shape index (κ3) is 3.92. The van der Waals surface area contributed by atoms with Crippen LogP contribution in [0.1, 0.15) is 21.5 Å². The number of hydrogen-bond donors (Lipinski definition) is 1. The molecule has 0 radical (unpaired) electrons. The number of nitrogens with one attached hydrogen (secondary N) is 1. The van der Waals surface area contributed by atoms with E-state index in [0.717, 1.165) is 11.6 Å². The first-order chi connectivity index (χ1) is 16.3. The molecule has 170 valence electrons. The maximum Gasteiger partial charge on any atom is 0.417 e. The minimum Gasteiger partial charge on any atom is -0.442 e. The van der Waals surface area contributed by atoms with Gasteiger partial charge in [-0.05, 0) is 42.8 Å². The Hall–Kier alpha value is -4.40. The highest BCUT2D eigenvalue weighted by atomic mass is 19.4. The quantitative estimate of drug-likeness (QED) is 0.343. The summed E-state index contributed by atoms with van der Waals surface area (Å²) in [5, 5.41) is 2.56. The number of carbonyl (C=O) groups is 1. The second-order valence-corrected chi connectivity index (χ2v) is 7.67. The van der Waals surface area contributed by atoms with Gasteiger partial charge in [0.15, 0.2) is 0 Å². The van der Waals surface area contributed by atoms with E-state index in [-0.39, 0.29) is 0 Å². The minimum atomic E-state index is -4.70. The van der Waals surface area contributed by atoms with Gasteiger partial charge in [-0.25, -0.2) is 9.97 Å². The smallest absolute Gasteiger partial charge is 0.417 e. The molecule has 0 spiro atoms. The lowest BCUT2D eigenvalue weighted by Crippen LogP contribution is -2.19. The number of imidazole rings is 1. The lowest BCUT2D eigenvalue weighted by atomic mass is 9.98. The van der Waals surface area contributed by atoms with Crippen LogP contribution in [0.25, 0.3) is 28.4 Å². The fourth-order valence-electron chi connectivity index (χ4n) is 3.74. The summed E-state index contributed by atoms with van der Waals surface area (Å²) in [6.45, 7) is 1.88. The Morgan fingerprint density at radius 1 is 1.06 bits per heavy atom. The van der Waals surface area contributed by atoms with Crippen LogP contribution in [0.15, 0.2) is 83.9 Å². The Bertz CT molecular complexity index is 1490. The number of nitrogens with zero attached hydrogens (tertiary/aromatic N) is 3. The van der Waals surface area contributed by atoms with Crippen LogP contribution < -0.4 is 5.32 Å². The molecule has 5 rings (SSSR count). The molecular weight excluding hydrogens is 445 g/mol. The van der Waals surface area contributed by atoms with E-state index in [4.69, 9.17) is 4.42 Å². The molecule has 3 aromatic heterocycles. The molecule has 1 N–H and O–H groups in total. The van der Waals surface area contributed by atoms with Crippen molar-refractivity contribution in [1.29, 1.82) is 0 Å². The van der Waals surface area contributed by atoms with Crippen LogP contribution >= 0.6 is 0 Å². The van der Waals surface area contributed by atoms with E-state index >= 15 is 0 Å². The largest absolute Gasteiger partial charge is 0.442 e. The Balaban J connectivity index is 1.60. The number of pyridine rings is 1. The summed E-state index contributed by atoms with van der Waals surface area (Å²) < 4.78 is 48.3. The van der Waals surface area contributed by atoms with E-state index < -0.39 is 23.2 Å². The first-order valence-corrected chi connectivity index (χ1v) is 10.3. The van der Waals surface area contributed by atoms with Gasteiger partial charge in [-0.1, -0.05) is 29.8 Å². The van der Waals surface area contributed by atoms with Crippen molar-refractivity contribution in [3.8, 4) is 22.8 Å². The van der Waals surface area contributed by atoms with Gasteiger partial charge in [0.2, 0.25) is 5.82 Å². The maximum absolute atomic E-state index is 13.7. The van der Waals surface area contributed by atoms with E-state index in [1.54, 1.807) is 53.2 Å². The summed E-state index contributed by atoms with van der Waals surface area (Å²) in [7, 11) is 0. The number of oxazole rings is 1. The van der Waals surface area contributed by atoms with Gasteiger partial charge in [0.1, 0.15) is 6.26 Å². The van der Waals surface area contributed by atoms with Crippen molar-refractivity contribution in [2.24, 2.45) is 0 Å². The Morgan fingerprint density at radius 2 is 1.85 bits per heavy atom. The molecule has 3 heterocycles. The van der Waals surface area contributed by atoms with Crippen molar-refractivity contribution >= 4 is 17.1 Å². The standard InChI is InChI=1S/C25H17F3N4O2/c1-15-4-7-17(8-5-15)31-23(33)19-13-16(6-9-20(19)25(26,27)28)18-3-2-11-32-21(18)14-30-22(32)24-29-10-12-34-24/h2-14H,1H3,(H,31,33). The van der Waals surface area contributed by atoms with Crippen LogP contribution in [0.2, 0.25) is 0 Å². The summed E-state index contributed by atoms with van der Waals surface area (Å²) in [5.41, 5.74) is 1.55. The zero-order valence-corrected chi connectivity index (χ0v) is 17.8.